The Kier molecular flexibility index (Phi) is 22.5. The van der Waals surface area contributed by atoms with Crippen molar-refractivity contribution in [3.8, 4) is 0 Å². The summed E-state index contributed by atoms with van der Waals surface area (Å²) in [7, 11) is -4.38. The molecule has 0 saturated heterocycles. The van der Waals surface area contributed by atoms with E-state index in [1.165, 1.54) is 25.7 Å². The standard InChI is InChI=1S/C22H37NO2.C7H7FO2S/c1-2-3-4-5-6-7-8-9-10-11-12-13-14-15-16-17-18-19-22(25)23-20-21-24;8-11(9,10)6-7-4-2-1-3-5-7/h6-7,9-10,12-13,15-16,24H,2-5,8,11,14,17-21H2,1H3,(H,23,25);1-5H,6H2/b7-6-,10-9-,13-12-,16-15-;. The molecule has 1 aromatic carbocycles. The van der Waals surface area contributed by atoms with E-state index in [0.717, 1.165) is 32.1 Å². The van der Waals surface area contributed by atoms with Gasteiger partial charge in [-0.15, -0.1) is 3.89 Å². The summed E-state index contributed by atoms with van der Waals surface area (Å²) in [5.41, 5.74) is 0.468. The molecule has 0 aliphatic rings. The molecule has 0 unspecified atom stereocenters. The summed E-state index contributed by atoms with van der Waals surface area (Å²) in [5, 5.41) is 11.2. The maximum Gasteiger partial charge on any atom is 0.306 e. The van der Waals surface area contributed by atoms with E-state index >= 15 is 0 Å². The summed E-state index contributed by atoms with van der Waals surface area (Å²) in [6.45, 7) is 2.59. The van der Waals surface area contributed by atoms with Gasteiger partial charge in [0.2, 0.25) is 5.91 Å². The predicted molar refractivity (Wildman–Crippen MR) is 149 cm³/mol. The summed E-state index contributed by atoms with van der Waals surface area (Å²) < 4.78 is 32.3. The van der Waals surface area contributed by atoms with Crippen molar-refractivity contribution in [1.82, 2.24) is 5.32 Å². The molecule has 0 atom stereocenters. The first kappa shape index (κ1) is 33.5. The highest BCUT2D eigenvalue weighted by atomic mass is 32.3. The van der Waals surface area contributed by atoms with Gasteiger partial charge in [0.15, 0.2) is 0 Å². The third-order valence-corrected chi connectivity index (χ3v) is 5.53. The molecule has 0 spiro atoms. The van der Waals surface area contributed by atoms with Crippen molar-refractivity contribution >= 4 is 16.1 Å². The molecule has 36 heavy (non-hydrogen) atoms. The lowest BCUT2D eigenvalue weighted by molar-refractivity contribution is -0.121. The smallest absolute Gasteiger partial charge is 0.306 e. The second-order valence-electron chi connectivity index (χ2n) is 8.22. The number of aliphatic hydroxyl groups is 1. The number of halogens is 1. The van der Waals surface area contributed by atoms with E-state index in [9.17, 15) is 17.1 Å². The van der Waals surface area contributed by atoms with Crippen LogP contribution in [0.5, 0.6) is 0 Å². The molecule has 0 radical (unpaired) electrons. The Balaban J connectivity index is 0.000000918. The Morgan fingerprint density at radius 3 is 1.89 bits per heavy atom. The predicted octanol–water partition coefficient (Wildman–Crippen LogP) is 6.73. The maximum atomic E-state index is 12.0. The van der Waals surface area contributed by atoms with Crippen LogP contribution >= 0.6 is 0 Å². The van der Waals surface area contributed by atoms with Crippen LogP contribution in [0.3, 0.4) is 0 Å². The first-order chi connectivity index (χ1) is 17.4. The Morgan fingerprint density at radius 2 is 1.39 bits per heavy atom. The Morgan fingerprint density at radius 1 is 0.861 bits per heavy atom. The Labute approximate surface area is 218 Å². The van der Waals surface area contributed by atoms with Gasteiger partial charge in [-0.25, -0.2) is 0 Å². The topological polar surface area (TPSA) is 83.5 Å². The van der Waals surface area contributed by atoms with Gasteiger partial charge in [-0.05, 0) is 50.5 Å². The van der Waals surface area contributed by atoms with Crippen LogP contribution in [-0.2, 0) is 20.8 Å². The third kappa shape index (κ3) is 26.1. The highest BCUT2D eigenvalue weighted by Crippen LogP contribution is 2.06. The molecule has 1 aromatic rings. The van der Waals surface area contributed by atoms with Crippen LogP contribution in [0.4, 0.5) is 3.89 Å². The number of rotatable bonds is 18. The van der Waals surface area contributed by atoms with Crippen LogP contribution < -0.4 is 5.32 Å². The van der Waals surface area contributed by atoms with Crippen LogP contribution in [0.1, 0.15) is 76.7 Å². The number of aliphatic hydroxyl groups excluding tert-OH is 1. The Bertz CT molecular complexity index is 878. The first-order valence-corrected chi connectivity index (χ1v) is 14.4. The fourth-order valence-electron chi connectivity index (χ4n) is 3.00. The first-order valence-electron chi connectivity index (χ1n) is 12.8. The molecule has 0 aliphatic heterocycles. The molecular weight excluding hydrogens is 477 g/mol. The van der Waals surface area contributed by atoms with Crippen molar-refractivity contribution in [2.24, 2.45) is 0 Å². The average molecular weight is 522 g/mol. The van der Waals surface area contributed by atoms with Crippen molar-refractivity contribution in [3.63, 3.8) is 0 Å². The fraction of sp³-hybridized carbons (Fsp3) is 0.483. The zero-order valence-electron chi connectivity index (χ0n) is 21.7. The molecule has 0 fully saturated rings. The number of unbranched alkanes of at least 4 members (excludes halogenated alkanes) is 4. The van der Waals surface area contributed by atoms with Crippen LogP contribution in [0.2, 0.25) is 0 Å². The van der Waals surface area contributed by atoms with Gasteiger partial charge < -0.3 is 10.4 Å². The van der Waals surface area contributed by atoms with E-state index in [1.54, 1.807) is 30.3 Å². The largest absolute Gasteiger partial charge is 0.395 e. The second kappa shape index (κ2) is 24.2. The molecule has 5 nitrogen and oxygen atoms in total. The number of hydrogen-bond acceptors (Lipinski definition) is 4. The van der Waals surface area contributed by atoms with Gasteiger partial charge >= 0.3 is 10.2 Å². The maximum absolute atomic E-state index is 12.0. The van der Waals surface area contributed by atoms with Crippen LogP contribution in [0, 0.1) is 0 Å². The van der Waals surface area contributed by atoms with Crippen molar-refractivity contribution in [2.45, 2.75) is 76.9 Å². The minimum atomic E-state index is -4.38. The van der Waals surface area contributed by atoms with Gasteiger partial charge in [-0.1, -0.05) is 98.7 Å². The van der Waals surface area contributed by atoms with Gasteiger partial charge in [-0.3, -0.25) is 4.79 Å². The number of benzene rings is 1. The summed E-state index contributed by atoms with van der Waals surface area (Å²) in [4.78, 5) is 11.3. The van der Waals surface area contributed by atoms with Gasteiger partial charge in [0.1, 0.15) is 5.75 Å². The van der Waals surface area contributed by atoms with E-state index in [4.69, 9.17) is 5.11 Å². The summed E-state index contributed by atoms with van der Waals surface area (Å²) in [5.74, 6) is -0.515. The lowest BCUT2D eigenvalue weighted by Crippen LogP contribution is -2.25. The van der Waals surface area contributed by atoms with Gasteiger partial charge in [-0.2, -0.15) is 8.42 Å². The molecule has 0 heterocycles. The number of hydrogen-bond donors (Lipinski definition) is 2. The van der Waals surface area contributed by atoms with Crippen molar-refractivity contribution in [3.05, 3.63) is 84.5 Å². The quantitative estimate of drug-likeness (QED) is 0.127. The SMILES string of the molecule is CCCCC/C=C\C/C=C\C/C=C\C/C=C\CCCC(=O)NCCO.O=S(=O)(F)Cc1ccccc1. The van der Waals surface area contributed by atoms with Gasteiger partial charge in [0.25, 0.3) is 0 Å². The summed E-state index contributed by atoms with van der Waals surface area (Å²) >= 11 is 0. The number of allylic oxidation sites excluding steroid dienone is 8. The second-order valence-corrected chi connectivity index (χ2v) is 9.59. The van der Waals surface area contributed by atoms with Crippen LogP contribution in [0.25, 0.3) is 0 Å². The minimum absolute atomic E-state index is 0.00289. The number of carbonyl (C=O) groups excluding carboxylic acids is 1. The molecule has 202 valence electrons. The van der Waals surface area contributed by atoms with Crippen LogP contribution in [-0.4, -0.2) is 32.6 Å². The number of amides is 1. The van der Waals surface area contributed by atoms with E-state index in [-0.39, 0.29) is 12.5 Å². The highest BCUT2D eigenvalue weighted by Gasteiger charge is 2.07. The molecule has 1 amide bonds. The molecule has 0 aromatic heterocycles. The Hall–Kier alpha value is -2.51. The zero-order valence-corrected chi connectivity index (χ0v) is 22.5. The van der Waals surface area contributed by atoms with E-state index in [2.05, 4.69) is 60.8 Å². The molecule has 7 heteroatoms. The van der Waals surface area contributed by atoms with Crippen molar-refractivity contribution < 1.29 is 22.2 Å². The van der Waals surface area contributed by atoms with E-state index < -0.39 is 16.0 Å². The number of nitrogens with one attached hydrogen (secondary N) is 1. The normalized spacial score (nSPS) is 12.0. The van der Waals surface area contributed by atoms with Gasteiger partial charge in [0.05, 0.1) is 6.61 Å². The van der Waals surface area contributed by atoms with E-state index in [0.29, 0.717) is 18.5 Å². The molecule has 2 N–H and O–H groups in total. The average Bonchev–Trinajstić information content (AvgIpc) is 2.84. The fourth-order valence-corrected chi connectivity index (χ4v) is 3.59. The summed E-state index contributed by atoms with van der Waals surface area (Å²) in [6, 6.07) is 8.21. The lowest BCUT2D eigenvalue weighted by atomic mass is 10.2. The summed E-state index contributed by atoms with van der Waals surface area (Å²) in [6.07, 6.45) is 28.0. The van der Waals surface area contributed by atoms with Gasteiger partial charge in [0, 0.05) is 13.0 Å². The molecule has 1 rings (SSSR count). The number of carbonyl (C=O) groups is 1. The third-order valence-electron chi connectivity index (χ3n) is 4.85. The van der Waals surface area contributed by atoms with Crippen molar-refractivity contribution in [2.75, 3.05) is 13.2 Å². The zero-order chi connectivity index (χ0) is 26.7. The monoisotopic (exact) mass is 521 g/mol. The lowest BCUT2D eigenvalue weighted by Gasteiger charge is -2.00. The minimum Gasteiger partial charge on any atom is -0.395 e. The molecular formula is C29H44FNO4S. The molecule has 0 aliphatic carbocycles. The highest BCUT2D eigenvalue weighted by molar-refractivity contribution is 7.85. The molecule has 0 saturated carbocycles. The van der Waals surface area contributed by atoms with Crippen molar-refractivity contribution in [1.29, 1.82) is 0 Å². The molecule has 0 bridgehead atoms. The van der Waals surface area contributed by atoms with Crippen LogP contribution in [0.15, 0.2) is 78.9 Å². The van der Waals surface area contributed by atoms with E-state index in [1.807, 2.05) is 0 Å².